The lowest BCUT2D eigenvalue weighted by Crippen LogP contribution is -2.50. The largest absolute Gasteiger partial charge is 0.351 e. The second kappa shape index (κ2) is 3.58. The topological polar surface area (TPSA) is 79.2 Å². The molecule has 0 radical (unpaired) electrons. The summed E-state index contributed by atoms with van der Waals surface area (Å²) in [7, 11) is -3.44. The van der Waals surface area contributed by atoms with Crippen molar-refractivity contribution in [2.75, 3.05) is 6.54 Å². The van der Waals surface area contributed by atoms with Crippen LogP contribution in [0.1, 0.15) is 20.3 Å². The van der Waals surface area contributed by atoms with E-state index in [0.29, 0.717) is 13.0 Å². The molecule has 0 amide bonds. The number of nitrogens with zero attached hydrogens (tertiary/aromatic N) is 1. The summed E-state index contributed by atoms with van der Waals surface area (Å²) in [5.41, 5.74) is 5.41. The number of rotatable bonds is 2. The van der Waals surface area contributed by atoms with Gasteiger partial charge in [0.05, 0.1) is 0 Å². The highest BCUT2D eigenvalue weighted by atomic mass is 32.2. The van der Waals surface area contributed by atoms with E-state index in [1.165, 1.54) is 4.31 Å². The molecular formula is C10H17N3O2S. The minimum absolute atomic E-state index is 0.114. The van der Waals surface area contributed by atoms with Gasteiger partial charge in [0.25, 0.3) is 10.0 Å². The van der Waals surface area contributed by atoms with Gasteiger partial charge in [0.1, 0.15) is 5.03 Å². The molecule has 2 rings (SSSR count). The highest BCUT2D eigenvalue weighted by Crippen LogP contribution is 2.32. The number of aromatic nitrogens is 1. The molecule has 1 saturated heterocycles. The summed E-state index contributed by atoms with van der Waals surface area (Å²) in [5.74, 6) is 0. The van der Waals surface area contributed by atoms with E-state index >= 15 is 0 Å². The lowest BCUT2D eigenvalue weighted by molar-refractivity contribution is 0.269. The number of nitrogens with one attached hydrogen (secondary N) is 1. The van der Waals surface area contributed by atoms with Gasteiger partial charge in [-0.3, -0.25) is 0 Å². The van der Waals surface area contributed by atoms with E-state index in [2.05, 4.69) is 4.98 Å². The number of nitrogens with two attached hydrogens (primary N) is 1. The Morgan fingerprint density at radius 3 is 2.69 bits per heavy atom. The Morgan fingerprint density at radius 1 is 1.56 bits per heavy atom. The molecular weight excluding hydrogens is 226 g/mol. The Hall–Kier alpha value is -0.850. The smallest absolute Gasteiger partial charge is 0.259 e. The lowest BCUT2D eigenvalue weighted by Gasteiger charge is -2.32. The van der Waals surface area contributed by atoms with Crippen molar-refractivity contribution in [3.8, 4) is 0 Å². The van der Waals surface area contributed by atoms with Gasteiger partial charge >= 0.3 is 0 Å². The maximum Gasteiger partial charge on any atom is 0.259 e. The van der Waals surface area contributed by atoms with E-state index in [9.17, 15) is 8.42 Å². The predicted molar refractivity (Wildman–Crippen MR) is 61.4 cm³/mol. The third-order valence-corrected chi connectivity index (χ3v) is 5.37. The van der Waals surface area contributed by atoms with Crippen molar-refractivity contribution < 1.29 is 8.42 Å². The molecule has 1 aliphatic rings. The molecule has 2 heterocycles. The molecule has 5 nitrogen and oxygen atoms in total. The molecule has 1 fully saturated rings. The molecule has 16 heavy (non-hydrogen) atoms. The lowest BCUT2D eigenvalue weighted by atomic mass is 9.98. The first-order valence-corrected chi connectivity index (χ1v) is 6.72. The van der Waals surface area contributed by atoms with Gasteiger partial charge in [0.2, 0.25) is 0 Å². The fourth-order valence-corrected chi connectivity index (χ4v) is 3.91. The molecule has 1 aliphatic heterocycles. The monoisotopic (exact) mass is 243 g/mol. The summed E-state index contributed by atoms with van der Waals surface area (Å²) in [6.07, 6.45) is 2.31. The van der Waals surface area contributed by atoms with Gasteiger partial charge in [-0.25, -0.2) is 8.42 Å². The maximum atomic E-state index is 12.3. The fourth-order valence-electron chi connectivity index (χ4n) is 2.11. The summed E-state index contributed by atoms with van der Waals surface area (Å²) in [6.45, 7) is 4.21. The highest BCUT2D eigenvalue weighted by Gasteiger charge is 2.46. The summed E-state index contributed by atoms with van der Waals surface area (Å²) < 4.78 is 26.1. The summed E-state index contributed by atoms with van der Waals surface area (Å²) in [6, 6.07) is 3.13. The second-order valence-corrected chi connectivity index (χ2v) is 6.49. The van der Waals surface area contributed by atoms with Crippen LogP contribution in [0, 0.1) is 0 Å². The van der Waals surface area contributed by atoms with E-state index in [1.807, 2.05) is 13.8 Å². The Labute approximate surface area is 95.7 Å². The quantitative estimate of drug-likeness (QED) is 0.794. The highest BCUT2D eigenvalue weighted by molar-refractivity contribution is 7.89. The third-order valence-electron chi connectivity index (χ3n) is 3.33. The average molecular weight is 243 g/mol. The molecule has 0 saturated carbocycles. The van der Waals surface area contributed by atoms with Crippen LogP contribution in [-0.2, 0) is 10.0 Å². The molecule has 1 aromatic heterocycles. The van der Waals surface area contributed by atoms with E-state index < -0.39 is 15.6 Å². The van der Waals surface area contributed by atoms with Gasteiger partial charge in [-0.2, -0.15) is 4.31 Å². The number of hydrogen-bond donors (Lipinski definition) is 2. The van der Waals surface area contributed by atoms with E-state index in [-0.39, 0.29) is 11.1 Å². The van der Waals surface area contributed by atoms with Crippen LogP contribution in [0.2, 0.25) is 0 Å². The average Bonchev–Trinajstić information content (AvgIpc) is 2.76. The zero-order valence-corrected chi connectivity index (χ0v) is 10.3. The van der Waals surface area contributed by atoms with Crippen LogP contribution >= 0.6 is 0 Å². The summed E-state index contributed by atoms with van der Waals surface area (Å²) >= 11 is 0. The van der Waals surface area contributed by atoms with Crippen molar-refractivity contribution in [3.05, 3.63) is 18.3 Å². The third kappa shape index (κ3) is 1.57. The van der Waals surface area contributed by atoms with Gasteiger partial charge in [-0.15, -0.1) is 0 Å². The van der Waals surface area contributed by atoms with Crippen LogP contribution in [0.4, 0.5) is 0 Å². The first-order valence-electron chi connectivity index (χ1n) is 5.28. The summed E-state index contributed by atoms with van der Waals surface area (Å²) in [5, 5.41) is 0.231. The van der Waals surface area contributed by atoms with Gasteiger partial charge < -0.3 is 10.7 Å². The molecule has 0 aromatic carbocycles. The van der Waals surface area contributed by atoms with Gasteiger partial charge in [0, 0.05) is 24.3 Å². The molecule has 0 aliphatic carbocycles. The fraction of sp³-hybridized carbons (Fsp3) is 0.600. The number of H-pyrrole nitrogens is 1. The van der Waals surface area contributed by atoms with Crippen molar-refractivity contribution in [1.29, 1.82) is 0 Å². The molecule has 1 aromatic rings. The van der Waals surface area contributed by atoms with Crippen molar-refractivity contribution in [3.63, 3.8) is 0 Å². The number of hydrogen-bond acceptors (Lipinski definition) is 3. The Balaban J connectivity index is 2.40. The maximum absolute atomic E-state index is 12.3. The van der Waals surface area contributed by atoms with E-state index in [0.717, 1.165) is 0 Å². The van der Waals surface area contributed by atoms with Gasteiger partial charge in [-0.05, 0) is 32.4 Å². The zero-order chi connectivity index (χ0) is 12.0. The van der Waals surface area contributed by atoms with Crippen molar-refractivity contribution in [2.24, 2.45) is 5.73 Å². The van der Waals surface area contributed by atoms with E-state index in [1.54, 1.807) is 18.3 Å². The Kier molecular flexibility index (Phi) is 2.60. The van der Waals surface area contributed by atoms with Crippen molar-refractivity contribution >= 4 is 10.0 Å². The molecule has 0 bridgehead atoms. The van der Waals surface area contributed by atoms with Gasteiger partial charge in [0.15, 0.2) is 0 Å². The van der Waals surface area contributed by atoms with Crippen LogP contribution in [0.5, 0.6) is 0 Å². The predicted octanol–water partition coefficient (Wildman–Crippen LogP) is 0.515. The minimum atomic E-state index is -3.44. The molecule has 6 heteroatoms. The van der Waals surface area contributed by atoms with Crippen molar-refractivity contribution in [1.82, 2.24) is 9.29 Å². The number of sulfonamides is 1. The normalized spacial score (nSPS) is 26.1. The molecule has 1 unspecified atom stereocenters. The number of aromatic amines is 1. The molecule has 90 valence electrons. The first kappa shape index (κ1) is 11.6. The zero-order valence-electron chi connectivity index (χ0n) is 9.47. The van der Waals surface area contributed by atoms with Crippen LogP contribution < -0.4 is 5.73 Å². The Morgan fingerprint density at radius 2 is 2.25 bits per heavy atom. The van der Waals surface area contributed by atoms with Crippen molar-refractivity contribution in [2.45, 2.75) is 36.9 Å². The second-order valence-electron chi connectivity index (χ2n) is 4.66. The first-order chi connectivity index (χ1) is 7.37. The van der Waals surface area contributed by atoms with Crippen LogP contribution in [0.25, 0.3) is 0 Å². The molecule has 3 N–H and O–H groups in total. The standard InChI is InChI=1S/C10H17N3O2S/c1-10(2)8(11)5-7-13(10)16(14,15)9-4-3-6-12-9/h3-4,6,8,12H,5,7,11H2,1-2H3. The van der Waals surface area contributed by atoms with Crippen LogP contribution in [-0.4, -0.2) is 35.8 Å². The SMILES string of the molecule is CC1(C)C(N)CCN1S(=O)(=O)c1ccc[nH]1. The Bertz CT molecular complexity index is 464. The van der Waals surface area contributed by atoms with Gasteiger partial charge in [-0.1, -0.05) is 0 Å². The van der Waals surface area contributed by atoms with Crippen LogP contribution in [0.3, 0.4) is 0 Å². The molecule has 0 spiro atoms. The minimum Gasteiger partial charge on any atom is -0.351 e. The van der Waals surface area contributed by atoms with Crippen LogP contribution in [0.15, 0.2) is 23.4 Å². The van der Waals surface area contributed by atoms with E-state index in [4.69, 9.17) is 5.73 Å². The molecule has 1 atom stereocenters. The summed E-state index contributed by atoms with van der Waals surface area (Å²) in [4.78, 5) is 2.74.